The predicted octanol–water partition coefficient (Wildman–Crippen LogP) is -0.358. The third kappa shape index (κ3) is 8.44. The molecule has 0 aliphatic heterocycles. The summed E-state index contributed by atoms with van der Waals surface area (Å²) in [6.07, 6.45) is 2.07. The number of nitrogens with two attached hydrogens (primary N) is 2. The molecule has 4 heteroatoms. The zero-order chi connectivity index (χ0) is 10.9. The minimum atomic E-state index is 0.143. The van der Waals surface area contributed by atoms with E-state index in [1.54, 1.807) is 0 Å². The van der Waals surface area contributed by atoms with Gasteiger partial charge in [0.2, 0.25) is 0 Å². The molecular formula is C10H26N4. The first-order chi connectivity index (χ1) is 6.62. The third-order valence-corrected chi connectivity index (χ3v) is 2.11. The Balaban J connectivity index is 3.40. The number of nitrogens with one attached hydrogen (secondary N) is 2. The maximum atomic E-state index is 5.43. The van der Waals surface area contributed by atoms with Gasteiger partial charge in [0.1, 0.15) is 0 Å². The summed E-state index contributed by atoms with van der Waals surface area (Å²) in [5.41, 5.74) is 11.0. The van der Waals surface area contributed by atoms with Crippen LogP contribution in [0.4, 0.5) is 0 Å². The highest BCUT2D eigenvalue weighted by molar-refractivity contribution is 4.79. The van der Waals surface area contributed by atoms with Crippen molar-refractivity contribution < 1.29 is 0 Å². The Morgan fingerprint density at radius 2 is 1.57 bits per heavy atom. The van der Waals surface area contributed by atoms with Crippen molar-refractivity contribution in [2.75, 3.05) is 32.7 Å². The Labute approximate surface area is 87.8 Å². The summed E-state index contributed by atoms with van der Waals surface area (Å²) in [6, 6.07) is 0. The summed E-state index contributed by atoms with van der Waals surface area (Å²) < 4.78 is 0. The van der Waals surface area contributed by atoms with Crippen LogP contribution in [0, 0.1) is 0 Å². The fourth-order valence-corrected chi connectivity index (χ4v) is 1.22. The molecule has 0 aromatic rings. The van der Waals surface area contributed by atoms with Gasteiger partial charge in [-0.05, 0) is 52.9 Å². The zero-order valence-corrected chi connectivity index (χ0v) is 9.60. The molecule has 86 valence electrons. The van der Waals surface area contributed by atoms with Gasteiger partial charge in [-0.25, -0.2) is 0 Å². The SMILES string of the molecule is CC(C)(CNCCCN)NCCCN. The van der Waals surface area contributed by atoms with Crippen LogP contribution in [-0.2, 0) is 0 Å². The van der Waals surface area contributed by atoms with Gasteiger partial charge in [0.25, 0.3) is 0 Å². The summed E-state index contributed by atoms with van der Waals surface area (Å²) in [4.78, 5) is 0. The fraction of sp³-hybridized carbons (Fsp3) is 1.00. The lowest BCUT2D eigenvalue weighted by molar-refractivity contribution is 0.364. The second-order valence-corrected chi connectivity index (χ2v) is 4.27. The van der Waals surface area contributed by atoms with Crippen LogP contribution in [0.5, 0.6) is 0 Å². The molecule has 0 heterocycles. The maximum Gasteiger partial charge on any atom is 0.0249 e. The molecule has 0 aromatic carbocycles. The van der Waals surface area contributed by atoms with Crippen LogP contribution < -0.4 is 22.1 Å². The van der Waals surface area contributed by atoms with Gasteiger partial charge in [0.05, 0.1) is 0 Å². The van der Waals surface area contributed by atoms with Gasteiger partial charge in [-0.15, -0.1) is 0 Å². The highest BCUT2D eigenvalue weighted by Crippen LogP contribution is 1.99. The molecule has 0 rings (SSSR count). The van der Waals surface area contributed by atoms with Crippen molar-refractivity contribution in [3.05, 3.63) is 0 Å². The molecule has 0 aromatic heterocycles. The molecule has 0 aliphatic rings. The Morgan fingerprint density at radius 1 is 1.00 bits per heavy atom. The van der Waals surface area contributed by atoms with Gasteiger partial charge in [-0.2, -0.15) is 0 Å². The minimum Gasteiger partial charge on any atom is -0.330 e. The average molecular weight is 202 g/mol. The van der Waals surface area contributed by atoms with E-state index in [0.717, 1.165) is 45.6 Å². The van der Waals surface area contributed by atoms with Crippen LogP contribution in [0.3, 0.4) is 0 Å². The van der Waals surface area contributed by atoms with Crippen LogP contribution in [0.15, 0.2) is 0 Å². The van der Waals surface area contributed by atoms with E-state index in [2.05, 4.69) is 24.5 Å². The standard InChI is InChI=1S/C10H26N4/c1-10(2,14-8-4-6-12)9-13-7-3-5-11/h13-14H,3-9,11-12H2,1-2H3. The lowest BCUT2D eigenvalue weighted by Gasteiger charge is -2.26. The second-order valence-electron chi connectivity index (χ2n) is 4.27. The van der Waals surface area contributed by atoms with Crippen molar-refractivity contribution in [3.63, 3.8) is 0 Å². The molecule has 0 atom stereocenters. The van der Waals surface area contributed by atoms with Crippen LogP contribution >= 0.6 is 0 Å². The topological polar surface area (TPSA) is 76.1 Å². The van der Waals surface area contributed by atoms with Gasteiger partial charge in [-0.3, -0.25) is 0 Å². The summed E-state index contributed by atoms with van der Waals surface area (Å²) in [5, 5.41) is 6.84. The summed E-state index contributed by atoms with van der Waals surface area (Å²) in [6.45, 7) is 8.85. The molecule has 0 amide bonds. The van der Waals surface area contributed by atoms with Gasteiger partial charge in [-0.1, -0.05) is 0 Å². The molecule has 0 radical (unpaired) electrons. The van der Waals surface area contributed by atoms with Gasteiger partial charge < -0.3 is 22.1 Å². The highest BCUT2D eigenvalue weighted by atomic mass is 15.0. The minimum absolute atomic E-state index is 0.143. The lowest BCUT2D eigenvalue weighted by atomic mass is 10.1. The summed E-state index contributed by atoms with van der Waals surface area (Å²) in [5.74, 6) is 0. The predicted molar refractivity (Wildman–Crippen MR) is 62.3 cm³/mol. The van der Waals surface area contributed by atoms with E-state index >= 15 is 0 Å². The van der Waals surface area contributed by atoms with Gasteiger partial charge >= 0.3 is 0 Å². The largest absolute Gasteiger partial charge is 0.330 e. The summed E-state index contributed by atoms with van der Waals surface area (Å²) >= 11 is 0. The van der Waals surface area contributed by atoms with Crippen LogP contribution in [-0.4, -0.2) is 38.3 Å². The fourth-order valence-electron chi connectivity index (χ4n) is 1.22. The maximum absolute atomic E-state index is 5.43. The molecule has 0 spiro atoms. The highest BCUT2D eigenvalue weighted by Gasteiger charge is 2.14. The Morgan fingerprint density at radius 3 is 2.14 bits per heavy atom. The van der Waals surface area contributed by atoms with E-state index in [1.807, 2.05) is 0 Å². The number of hydrogen-bond donors (Lipinski definition) is 4. The van der Waals surface area contributed by atoms with Crippen LogP contribution in [0.1, 0.15) is 26.7 Å². The van der Waals surface area contributed by atoms with Crippen molar-refractivity contribution in [3.8, 4) is 0 Å². The molecule has 0 fully saturated rings. The second kappa shape index (κ2) is 8.17. The molecule has 0 bridgehead atoms. The smallest absolute Gasteiger partial charge is 0.0249 e. The third-order valence-electron chi connectivity index (χ3n) is 2.11. The van der Waals surface area contributed by atoms with E-state index in [1.165, 1.54) is 0 Å². The molecular weight excluding hydrogens is 176 g/mol. The normalized spacial score (nSPS) is 12.0. The van der Waals surface area contributed by atoms with E-state index in [-0.39, 0.29) is 5.54 Å². The number of rotatable bonds is 9. The molecule has 0 aliphatic carbocycles. The average Bonchev–Trinajstić information content (AvgIpc) is 2.13. The van der Waals surface area contributed by atoms with Crippen molar-refractivity contribution >= 4 is 0 Å². The summed E-state index contributed by atoms with van der Waals surface area (Å²) in [7, 11) is 0. The first-order valence-electron chi connectivity index (χ1n) is 5.48. The lowest BCUT2D eigenvalue weighted by Crippen LogP contribution is -2.48. The van der Waals surface area contributed by atoms with Gasteiger partial charge in [0.15, 0.2) is 0 Å². The van der Waals surface area contributed by atoms with Crippen molar-refractivity contribution in [1.29, 1.82) is 0 Å². The van der Waals surface area contributed by atoms with Crippen LogP contribution in [0.2, 0.25) is 0 Å². The molecule has 4 nitrogen and oxygen atoms in total. The molecule has 0 saturated heterocycles. The Hall–Kier alpha value is -0.160. The van der Waals surface area contributed by atoms with Crippen molar-refractivity contribution in [2.24, 2.45) is 11.5 Å². The zero-order valence-electron chi connectivity index (χ0n) is 9.60. The molecule has 6 N–H and O–H groups in total. The van der Waals surface area contributed by atoms with Gasteiger partial charge in [0, 0.05) is 12.1 Å². The Kier molecular flexibility index (Phi) is 8.08. The van der Waals surface area contributed by atoms with E-state index in [0.29, 0.717) is 0 Å². The van der Waals surface area contributed by atoms with E-state index in [9.17, 15) is 0 Å². The van der Waals surface area contributed by atoms with Crippen molar-refractivity contribution in [2.45, 2.75) is 32.2 Å². The molecule has 14 heavy (non-hydrogen) atoms. The van der Waals surface area contributed by atoms with Crippen LogP contribution in [0.25, 0.3) is 0 Å². The van der Waals surface area contributed by atoms with Crippen molar-refractivity contribution in [1.82, 2.24) is 10.6 Å². The molecule has 0 saturated carbocycles. The van der Waals surface area contributed by atoms with E-state index < -0.39 is 0 Å². The van der Waals surface area contributed by atoms with E-state index in [4.69, 9.17) is 11.5 Å². The Bertz CT molecular complexity index is 125. The first-order valence-corrected chi connectivity index (χ1v) is 5.48. The first kappa shape index (κ1) is 13.8. The monoisotopic (exact) mass is 202 g/mol. The molecule has 0 unspecified atom stereocenters. The number of hydrogen-bond acceptors (Lipinski definition) is 4. The quantitative estimate of drug-likeness (QED) is 0.385.